The summed E-state index contributed by atoms with van der Waals surface area (Å²) in [4.78, 5) is 25.5. The zero-order valence-electron chi connectivity index (χ0n) is 19.5. The van der Waals surface area contributed by atoms with Crippen molar-refractivity contribution in [3.8, 4) is 0 Å². The molecule has 5 rings (SSSR count). The number of carbonyl (C=O) groups is 1. The van der Waals surface area contributed by atoms with Crippen molar-refractivity contribution in [2.24, 2.45) is 11.7 Å². The van der Waals surface area contributed by atoms with Crippen molar-refractivity contribution in [1.29, 1.82) is 0 Å². The molecule has 35 heavy (non-hydrogen) atoms. The highest BCUT2D eigenvalue weighted by atomic mass is 19.2. The lowest BCUT2D eigenvalue weighted by molar-refractivity contribution is -0.122. The number of fused-ring (bicyclic) bond motifs is 1. The maximum absolute atomic E-state index is 14.4. The van der Waals surface area contributed by atoms with Crippen LogP contribution < -0.4 is 16.4 Å². The first-order valence-corrected chi connectivity index (χ1v) is 12.0. The van der Waals surface area contributed by atoms with E-state index in [4.69, 9.17) is 15.5 Å². The summed E-state index contributed by atoms with van der Waals surface area (Å²) < 4.78 is 35.8. The molecule has 1 aliphatic carbocycles. The minimum Gasteiger partial charge on any atom is -0.378 e. The number of anilines is 3. The second-order valence-electron chi connectivity index (χ2n) is 9.39. The number of primary amides is 1. The summed E-state index contributed by atoms with van der Waals surface area (Å²) in [6.45, 7) is 2.72. The second kappa shape index (κ2) is 9.73. The number of halogens is 2. The smallest absolute Gasteiger partial charge is 0.224 e. The van der Waals surface area contributed by atoms with E-state index < -0.39 is 11.6 Å². The number of hydrogen-bond acceptors (Lipinski definition) is 7. The van der Waals surface area contributed by atoms with Crippen molar-refractivity contribution in [3.05, 3.63) is 36.0 Å². The van der Waals surface area contributed by atoms with Gasteiger partial charge in [0.15, 0.2) is 17.3 Å². The fourth-order valence-corrected chi connectivity index (χ4v) is 5.05. The number of benzene rings is 1. The van der Waals surface area contributed by atoms with Crippen LogP contribution in [0.25, 0.3) is 11.2 Å². The van der Waals surface area contributed by atoms with Gasteiger partial charge in [-0.25, -0.2) is 18.7 Å². The Bertz CT molecular complexity index is 1230. The van der Waals surface area contributed by atoms with E-state index in [1.165, 1.54) is 12.1 Å². The van der Waals surface area contributed by atoms with E-state index in [1.54, 1.807) is 6.20 Å². The van der Waals surface area contributed by atoms with Crippen molar-refractivity contribution >= 4 is 34.7 Å². The molecule has 9 nitrogen and oxygen atoms in total. The molecule has 1 aliphatic heterocycles. The third-order valence-electron chi connectivity index (χ3n) is 6.91. The first-order valence-electron chi connectivity index (χ1n) is 12.0. The van der Waals surface area contributed by atoms with Gasteiger partial charge in [-0.05, 0) is 57.6 Å². The molecule has 0 bridgehead atoms. The van der Waals surface area contributed by atoms with Crippen molar-refractivity contribution < 1.29 is 18.3 Å². The average molecular weight is 486 g/mol. The molecule has 4 N–H and O–H groups in total. The molecule has 3 heterocycles. The Labute approximate surface area is 201 Å². The van der Waals surface area contributed by atoms with Gasteiger partial charge in [-0.15, -0.1) is 0 Å². The van der Waals surface area contributed by atoms with Crippen LogP contribution in [0.5, 0.6) is 0 Å². The zero-order valence-corrected chi connectivity index (χ0v) is 19.5. The van der Waals surface area contributed by atoms with Crippen molar-refractivity contribution in [2.75, 3.05) is 17.2 Å². The fourth-order valence-electron chi connectivity index (χ4n) is 5.05. The third-order valence-corrected chi connectivity index (χ3v) is 6.91. The Kier molecular flexibility index (Phi) is 6.50. The number of carbonyl (C=O) groups excluding carboxylic acids is 1. The van der Waals surface area contributed by atoms with Crippen LogP contribution in [0.4, 0.5) is 26.4 Å². The van der Waals surface area contributed by atoms with Crippen molar-refractivity contribution in [2.45, 2.75) is 63.6 Å². The van der Waals surface area contributed by atoms with Gasteiger partial charge in [0.1, 0.15) is 5.52 Å². The van der Waals surface area contributed by atoms with Gasteiger partial charge in [0.05, 0.1) is 18.0 Å². The van der Waals surface area contributed by atoms with Gasteiger partial charge in [0.2, 0.25) is 17.8 Å². The molecule has 2 atom stereocenters. The summed E-state index contributed by atoms with van der Waals surface area (Å²) in [5.41, 5.74) is 6.62. The molecule has 2 fully saturated rings. The second-order valence-corrected chi connectivity index (χ2v) is 9.39. The van der Waals surface area contributed by atoms with Crippen LogP contribution in [0.15, 0.2) is 24.4 Å². The largest absolute Gasteiger partial charge is 0.378 e. The number of nitrogens with zero attached hydrogens (tertiary/aromatic N) is 4. The summed E-state index contributed by atoms with van der Waals surface area (Å²) in [6, 6.07) is 4.10. The van der Waals surface area contributed by atoms with Crippen LogP contribution in [0, 0.1) is 17.6 Å². The molecule has 186 valence electrons. The van der Waals surface area contributed by atoms with E-state index in [0.29, 0.717) is 55.4 Å². The Balaban J connectivity index is 1.50. The van der Waals surface area contributed by atoms with Gasteiger partial charge < -0.3 is 21.1 Å². The van der Waals surface area contributed by atoms with Crippen molar-refractivity contribution in [1.82, 2.24) is 19.5 Å². The monoisotopic (exact) mass is 485 g/mol. The first-order chi connectivity index (χ1) is 16.9. The van der Waals surface area contributed by atoms with E-state index in [2.05, 4.69) is 20.6 Å². The average Bonchev–Trinajstić information content (AvgIpc) is 3.19. The van der Waals surface area contributed by atoms with E-state index in [0.717, 1.165) is 18.9 Å². The summed E-state index contributed by atoms with van der Waals surface area (Å²) in [5, 5.41) is 6.35. The predicted octanol–water partition coefficient (Wildman–Crippen LogP) is 4.04. The number of hydrogen-bond donors (Lipinski definition) is 3. The van der Waals surface area contributed by atoms with E-state index in [9.17, 15) is 13.6 Å². The number of aromatic nitrogens is 4. The molecule has 2 aliphatic rings. The molecule has 1 saturated carbocycles. The number of amides is 1. The molecule has 1 saturated heterocycles. The molecule has 11 heteroatoms. The molecule has 2 aromatic heterocycles. The first kappa shape index (κ1) is 23.4. The number of nitrogens with two attached hydrogens (primary N) is 1. The van der Waals surface area contributed by atoms with E-state index in [-0.39, 0.29) is 35.7 Å². The molecule has 1 aromatic carbocycles. The molecular formula is C24H29F2N7O2. The number of rotatable bonds is 6. The Hall–Kier alpha value is -3.34. The normalized spacial score (nSPS) is 24.9. The van der Waals surface area contributed by atoms with Gasteiger partial charge in [-0.3, -0.25) is 9.36 Å². The lowest BCUT2D eigenvalue weighted by Crippen LogP contribution is -2.33. The standard InChI is InChI=1S/C24H29F2N7O2/c1-13-11-15(9-10-35-13)29-23-28-12-19-22(32-23)33(16-7-5-14(6-8-16)21(27)34)24(31-19)30-18-4-2-3-17(25)20(18)26/h2-4,12-16H,5-11H2,1H3,(H2,27,34)(H,30,31)(H,28,29,32)/t13-,14?,15-,16?/m0/s1. The van der Waals surface area contributed by atoms with Gasteiger partial charge >= 0.3 is 0 Å². The van der Waals surface area contributed by atoms with Crippen LogP contribution in [0.3, 0.4) is 0 Å². The number of imidazole rings is 1. The zero-order chi connectivity index (χ0) is 24.5. The van der Waals surface area contributed by atoms with Crippen LogP contribution in [0.1, 0.15) is 51.5 Å². The van der Waals surface area contributed by atoms with Crippen LogP contribution in [-0.2, 0) is 9.53 Å². The van der Waals surface area contributed by atoms with E-state index in [1.807, 2.05) is 11.5 Å². The Morgan fingerprint density at radius 2 is 1.97 bits per heavy atom. The van der Waals surface area contributed by atoms with Crippen molar-refractivity contribution in [3.63, 3.8) is 0 Å². The molecule has 1 amide bonds. The van der Waals surface area contributed by atoms with Gasteiger partial charge in [-0.1, -0.05) is 6.07 Å². The highest BCUT2D eigenvalue weighted by Gasteiger charge is 2.29. The van der Waals surface area contributed by atoms with Gasteiger partial charge in [0.25, 0.3) is 0 Å². The molecule has 0 unspecified atom stereocenters. The highest BCUT2D eigenvalue weighted by Crippen LogP contribution is 2.37. The minimum atomic E-state index is -0.981. The number of nitrogens with one attached hydrogen (secondary N) is 2. The summed E-state index contributed by atoms with van der Waals surface area (Å²) in [6.07, 6.45) is 6.15. The van der Waals surface area contributed by atoms with Gasteiger partial charge in [0, 0.05) is 24.6 Å². The minimum absolute atomic E-state index is 0.0186. The lowest BCUT2D eigenvalue weighted by atomic mass is 9.85. The van der Waals surface area contributed by atoms with E-state index >= 15 is 0 Å². The topological polar surface area (TPSA) is 120 Å². The predicted molar refractivity (Wildman–Crippen MR) is 127 cm³/mol. The molecular weight excluding hydrogens is 456 g/mol. The Morgan fingerprint density at radius 3 is 2.71 bits per heavy atom. The highest BCUT2D eigenvalue weighted by molar-refractivity contribution is 5.78. The van der Waals surface area contributed by atoms with Crippen LogP contribution in [0.2, 0.25) is 0 Å². The lowest BCUT2D eigenvalue weighted by Gasteiger charge is -2.29. The number of ether oxygens (including phenoxy) is 1. The maximum Gasteiger partial charge on any atom is 0.224 e. The van der Waals surface area contributed by atoms with Gasteiger partial charge in [-0.2, -0.15) is 4.98 Å². The molecule has 3 aromatic rings. The molecule has 0 spiro atoms. The summed E-state index contributed by atoms with van der Waals surface area (Å²) >= 11 is 0. The summed E-state index contributed by atoms with van der Waals surface area (Å²) in [7, 11) is 0. The third kappa shape index (κ3) is 4.90. The Morgan fingerprint density at radius 1 is 1.17 bits per heavy atom. The quantitative estimate of drug-likeness (QED) is 0.482. The fraction of sp³-hybridized carbons (Fsp3) is 0.500. The van der Waals surface area contributed by atoms with Crippen LogP contribution in [-0.4, -0.2) is 44.2 Å². The summed E-state index contributed by atoms with van der Waals surface area (Å²) in [5.74, 6) is -1.56. The maximum atomic E-state index is 14.4. The SMILES string of the molecule is C[C@H]1C[C@@H](Nc2ncc3nc(Nc4cccc(F)c4F)n(C4CCC(C(N)=O)CC4)c3n2)CCO1. The van der Waals surface area contributed by atoms with Crippen LogP contribution >= 0.6 is 0 Å². The molecule has 0 radical (unpaired) electrons.